The number of hydrogen-bond donors (Lipinski definition) is 2. The van der Waals surface area contributed by atoms with Crippen LogP contribution >= 0.6 is 0 Å². The molecule has 0 fully saturated rings. The van der Waals surface area contributed by atoms with Crippen molar-refractivity contribution >= 4 is 11.4 Å². The van der Waals surface area contributed by atoms with E-state index in [-0.39, 0.29) is 5.54 Å². The minimum absolute atomic E-state index is 0.0916. The first-order valence-corrected chi connectivity index (χ1v) is 6.29. The summed E-state index contributed by atoms with van der Waals surface area (Å²) >= 11 is 0. The van der Waals surface area contributed by atoms with Crippen LogP contribution in [0.3, 0.4) is 0 Å². The molecule has 3 heteroatoms. The number of nitrogen functional groups attached to an aromatic ring is 1. The highest BCUT2D eigenvalue weighted by Gasteiger charge is 2.16. The average Bonchev–Trinajstić information content (AvgIpc) is 2.23. The van der Waals surface area contributed by atoms with Crippen LogP contribution in [0, 0.1) is 0 Å². The molecule has 0 aromatic heterocycles. The first-order chi connectivity index (χ1) is 7.98. The minimum Gasteiger partial charge on any atom is -0.492 e. The van der Waals surface area contributed by atoms with Crippen LogP contribution < -0.4 is 15.8 Å². The van der Waals surface area contributed by atoms with Gasteiger partial charge in [-0.15, -0.1) is 0 Å². The predicted molar refractivity (Wildman–Crippen MR) is 74.6 cm³/mol. The van der Waals surface area contributed by atoms with Crippen LogP contribution in [0.1, 0.15) is 40.5 Å². The molecule has 0 amide bonds. The molecule has 0 atom stereocenters. The van der Waals surface area contributed by atoms with E-state index < -0.39 is 0 Å². The number of nitrogens with two attached hydrogens (primary N) is 1. The summed E-state index contributed by atoms with van der Waals surface area (Å²) in [7, 11) is 0. The fourth-order valence-electron chi connectivity index (χ4n) is 1.97. The number of nitrogens with one attached hydrogen (secondary N) is 1. The van der Waals surface area contributed by atoms with Crippen LogP contribution in [0.4, 0.5) is 11.4 Å². The lowest BCUT2D eigenvalue weighted by Crippen LogP contribution is -2.30. The zero-order valence-electron chi connectivity index (χ0n) is 11.3. The van der Waals surface area contributed by atoms with E-state index in [1.165, 1.54) is 0 Å². The molecule has 0 saturated carbocycles. The predicted octanol–water partition coefficient (Wildman–Crippen LogP) is 3.66. The number of benzene rings is 1. The third kappa shape index (κ3) is 4.17. The molecule has 17 heavy (non-hydrogen) atoms. The molecule has 3 nitrogen and oxygen atoms in total. The Kier molecular flexibility index (Phi) is 4.67. The van der Waals surface area contributed by atoms with Gasteiger partial charge in [0.25, 0.3) is 0 Å². The van der Waals surface area contributed by atoms with E-state index in [9.17, 15) is 0 Å². The van der Waals surface area contributed by atoms with Crippen molar-refractivity contribution in [3.8, 4) is 5.75 Å². The van der Waals surface area contributed by atoms with E-state index in [2.05, 4.69) is 26.1 Å². The second-order valence-electron chi connectivity index (χ2n) is 4.94. The van der Waals surface area contributed by atoms with Gasteiger partial charge in [-0.1, -0.05) is 13.3 Å². The summed E-state index contributed by atoms with van der Waals surface area (Å²) in [6, 6.07) is 5.85. The van der Waals surface area contributed by atoms with E-state index in [1.807, 2.05) is 25.1 Å². The number of ether oxygens (including phenoxy) is 1. The lowest BCUT2D eigenvalue weighted by atomic mass is 9.98. The van der Waals surface area contributed by atoms with E-state index in [0.717, 1.165) is 24.3 Å². The lowest BCUT2D eigenvalue weighted by molar-refractivity contribution is 0.342. The SMILES string of the molecule is CCCC(C)(C)Nc1ccc(N)c(OCC)c1. The third-order valence-corrected chi connectivity index (χ3v) is 2.67. The second kappa shape index (κ2) is 5.80. The standard InChI is InChI=1S/C14H24N2O/c1-5-9-14(3,4)16-11-7-8-12(15)13(10-11)17-6-2/h7-8,10,16H,5-6,9,15H2,1-4H3. The van der Waals surface area contributed by atoms with Crippen molar-refractivity contribution in [3.05, 3.63) is 18.2 Å². The molecule has 0 heterocycles. The average molecular weight is 236 g/mol. The Morgan fingerprint density at radius 3 is 2.59 bits per heavy atom. The number of rotatable bonds is 6. The summed E-state index contributed by atoms with van der Waals surface area (Å²) in [4.78, 5) is 0. The maximum absolute atomic E-state index is 5.85. The Morgan fingerprint density at radius 1 is 1.29 bits per heavy atom. The van der Waals surface area contributed by atoms with Crippen molar-refractivity contribution < 1.29 is 4.74 Å². The largest absolute Gasteiger partial charge is 0.492 e. The highest BCUT2D eigenvalue weighted by molar-refractivity contribution is 5.61. The summed E-state index contributed by atoms with van der Waals surface area (Å²) in [6.45, 7) is 9.19. The Morgan fingerprint density at radius 2 is 2.00 bits per heavy atom. The molecule has 0 bridgehead atoms. The minimum atomic E-state index is 0.0916. The van der Waals surface area contributed by atoms with E-state index >= 15 is 0 Å². The number of anilines is 2. The van der Waals surface area contributed by atoms with Gasteiger partial charge in [0, 0.05) is 17.3 Å². The Labute approximate surface area is 104 Å². The van der Waals surface area contributed by atoms with Gasteiger partial charge in [0.15, 0.2) is 0 Å². The quantitative estimate of drug-likeness (QED) is 0.741. The summed E-state index contributed by atoms with van der Waals surface area (Å²) < 4.78 is 5.49. The highest BCUT2D eigenvalue weighted by atomic mass is 16.5. The Bertz CT molecular complexity index is 361. The van der Waals surface area contributed by atoms with Crippen LogP contribution in [0.15, 0.2) is 18.2 Å². The smallest absolute Gasteiger partial charge is 0.144 e. The van der Waals surface area contributed by atoms with Crippen molar-refractivity contribution in [1.29, 1.82) is 0 Å². The topological polar surface area (TPSA) is 47.3 Å². The fourth-order valence-corrected chi connectivity index (χ4v) is 1.97. The Balaban J connectivity index is 2.81. The van der Waals surface area contributed by atoms with Crippen LogP contribution in [0.2, 0.25) is 0 Å². The number of hydrogen-bond acceptors (Lipinski definition) is 3. The van der Waals surface area contributed by atoms with Crippen molar-refractivity contribution in [2.75, 3.05) is 17.7 Å². The van der Waals surface area contributed by atoms with Gasteiger partial charge >= 0.3 is 0 Å². The van der Waals surface area contributed by atoms with E-state index in [0.29, 0.717) is 12.3 Å². The molecule has 0 aliphatic heterocycles. The molecule has 96 valence electrons. The normalized spacial score (nSPS) is 11.3. The van der Waals surface area contributed by atoms with Gasteiger partial charge < -0.3 is 15.8 Å². The first kappa shape index (κ1) is 13.7. The van der Waals surface area contributed by atoms with Crippen LogP contribution in [0.25, 0.3) is 0 Å². The highest BCUT2D eigenvalue weighted by Crippen LogP contribution is 2.28. The zero-order valence-corrected chi connectivity index (χ0v) is 11.3. The van der Waals surface area contributed by atoms with Gasteiger partial charge in [0.1, 0.15) is 5.75 Å². The summed E-state index contributed by atoms with van der Waals surface area (Å²) in [5.41, 5.74) is 7.68. The van der Waals surface area contributed by atoms with Crippen molar-refractivity contribution in [2.24, 2.45) is 0 Å². The monoisotopic (exact) mass is 236 g/mol. The van der Waals surface area contributed by atoms with Gasteiger partial charge in [0.2, 0.25) is 0 Å². The Hall–Kier alpha value is -1.38. The van der Waals surface area contributed by atoms with Crippen molar-refractivity contribution in [2.45, 2.75) is 46.1 Å². The van der Waals surface area contributed by atoms with Crippen LogP contribution in [-0.4, -0.2) is 12.1 Å². The molecule has 0 spiro atoms. The van der Waals surface area contributed by atoms with Gasteiger partial charge in [-0.3, -0.25) is 0 Å². The van der Waals surface area contributed by atoms with Gasteiger partial charge in [-0.05, 0) is 39.3 Å². The molecule has 0 aliphatic carbocycles. The second-order valence-corrected chi connectivity index (χ2v) is 4.94. The zero-order chi connectivity index (χ0) is 12.9. The molecule has 1 aromatic carbocycles. The van der Waals surface area contributed by atoms with E-state index in [1.54, 1.807) is 0 Å². The summed E-state index contributed by atoms with van der Waals surface area (Å²) in [5.74, 6) is 0.754. The molecule has 0 radical (unpaired) electrons. The van der Waals surface area contributed by atoms with E-state index in [4.69, 9.17) is 10.5 Å². The fraction of sp³-hybridized carbons (Fsp3) is 0.571. The molecule has 1 aromatic rings. The summed E-state index contributed by atoms with van der Waals surface area (Å²) in [5, 5.41) is 3.51. The van der Waals surface area contributed by atoms with Crippen molar-refractivity contribution in [1.82, 2.24) is 0 Å². The summed E-state index contributed by atoms with van der Waals surface area (Å²) in [6.07, 6.45) is 2.29. The molecular weight excluding hydrogens is 212 g/mol. The first-order valence-electron chi connectivity index (χ1n) is 6.29. The molecule has 0 saturated heterocycles. The van der Waals surface area contributed by atoms with Gasteiger partial charge in [-0.2, -0.15) is 0 Å². The third-order valence-electron chi connectivity index (χ3n) is 2.67. The van der Waals surface area contributed by atoms with Gasteiger partial charge in [-0.25, -0.2) is 0 Å². The molecule has 1 rings (SSSR count). The van der Waals surface area contributed by atoms with Crippen LogP contribution in [-0.2, 0) is 0 Å². The lowest BCUT2D eigenvalue weighted by Gasteiger charge is -2.27. The molecule has 0 unspecified atom stereocenters. The van der Waals surface area contributed by atoms with Crippen LogP contribution in [0.5, 0.6) is 5.75 Å². The van der Waals surface area contributed by atoms with Gasteiger partial charge in [0.05, 0.1) is 12.3 Å². The van der Waals surface area contributed by atoms with Crippen molar-refractivity contribution in [3.63, 3.8) is 0 Å². The maximum atomic E-state index is 5.85. The molecule has 0 aliphatic rings. The molecule has 3 N–H and O–H groups in total. The maximum Gasteiger partial charge on any atom is 0.144 e. The molecular formula is C14H24N2O.